The van der Waals surface area contributed by atoms with Crippen LogP contribution in [0.25, 0.3) is 127 Å². The lowest BCUT2D eigenvalue weighted by molar-refractivity contribution is 0.589. The van der Waals surface area contributed by atoms with Crippen LogP contribution in [0, 0.1) is 23.3 Å². The summed E-state index contributed by atoms with van der Waals surface area (Å²) in [5.74, 6) is -2.80. The van der Waals surface area contributed by atoms with E-state index < -0.39 is 23.3 Å². The van der Waals surface area contributed by atoms with Gasteiger partial charge in [0.2, 0.25) is 0 Å². The second kappa shape index (κ2) is 13.7. The summed E-state index contributed by atoms with van der Waals surface area (Å²) in [6.45, 7) is 0. The maximum atomic E-state index is 15.4. The first-order chi connectivity index (χ1) is 30.9. The van der Waals surface area contributed by atoms with Crippen LogP contribution in [0.15, 0.2) is 158 Å². The molecule has 63 heavy (non-hydrogen) atoms. The highest BCUT2D eigenvalue weighted by Crippen LogP contribution is 2.51. The smallest absolute Gasteiger partial charge is 0.133 e. The Kier molecular flexibility index (Phi) is 7.98. The van der Waals surface area contributed by atoms with Gasteiger partial charge in [-0.15, -0.1) is 34.0 Å². The van der Waals surface area contributed by atoms with Gasteiger partial charge in [0.25, 0.3) is 0 Å². The summed E-state index contributed by atoms with van der Waals surface area (Å²) in [5.41, 5.74) is 5.09. The van der Waals surface area contributed by atoms with E-state index in [4.69, 9.17) is 9.97 Å². The molecule has 0 amide bonds. The van der Waals surface area contributed by atoms with Crippen LogP contribution >= 0.6 is 34.0 Å². The van der Waals surface area contributed by atoms with Crippen LogP contribution in [0.1, 0.15) is 0 Å². The predicted octanol–water partition coefficient (Wildman–Crippen LogP) is 17.1. The third kappa shape index (κ3) is 5.40. The fourth-order valence-electron chi connectivity index (χ4n) is 9.42. The van der Waals surface area contributed by atoms with Crippen LogP contribution < -0.4 is 0 Å². The van der Waals surface area contributed by atoms with E-state index in [9.17, 15) is 0 Å². The van der Waals surface area contributed by atoms with Gasteiger partial charge in [-0.25, -0.2) is 27.5 Å². The van der Waals surface area contributed by atoms with Crippen LogP contribution in [0.4, 0.5) is 17.6 Å². The molecule has 0 N–H and O–H groups in total. The van der Waals surface area contributed by atoms with E-state index in [0.29, 0.717) is 43.7 Å². The number of fused-ring (bicyclic) bond motifs is 13. The summed E-state index contributed by atoms with van der Waals surface area (Å²) in [5, 5.41) is 7.24. The van der Waals surface area contributed by atoms with E-state index >= 15 is 17.6 Å². The minimum atomic E-state index is -0.700. The highest BCUT2D eigenvalue weighted by Gasteiger charge is 2.25. The summed E-state index contributed by atoms with van der Waals surface area (Å²) >= 11 is 5.20. The number of aromatic nitrogens is 2. The molecule has 0 saturated heterocycles. The Morgan fingerprint density at radius 2 is 0.714 bits per heavy atom. The molecule has 4 aromatic heterocycles. The van der Waals surface area contributed by atoms with Gasteiger partial charge >= 0.3 is 0 Å². The van der Waals surface area contributed by atoms with Gasteiger partial charge in [-0.1, -0.05) is 97.1 Å². The molecule has 13 aromatic rings. The first-order valence-corrected chi connectivity index (χ1v) is 22.7. The van der Waals surface area contributed by atoms with Crippen molar-refractivity contribution in [2.24, 2.45) is 0 Å². The molecule has 2 nitrogen and oxygen atoms in total. The summed E-state index contributed by atoms with van der Waals surface area (Å²) in [7, 11) is 0. The molecule has 0 radical (unpaired) electrons. The minimum absolute atomic E-state index is 0.165. The van der Waals surface area contributed by atoms with E-state index in [1.807, 2.05) is 12.1 Å². The standard InChI is InChI=1S/C54H26F4N2S3/c55-37-13-7-14-38(56)45(37)27-21-23-29-35(25-27)36-26-28(46-39(57)15-8-16-40(46)58)22-24-30(36)50-49(29)59-51-52(60-50)54(34-12-6-20-44-48(34)32-10-2-4-18-42(32)62-44)63-53(51)33-11-5-19-43-47(33)31-9-1-3-17-41(31)61-43/h1-26H. The van der Waals surface area contributed by atoms with Crippen LogP contribution in [0.5, 0.6) is 0 Å². The maximum absolute atomic E-state index is 15.4. The summed E-state index contributed by atoms with van der Waals surface area (Å²) in [6, 6.07) is 47.9. The van der Waals surface area contributed by atoms with Gasteiger partial charge in [-0.3, -0.25) is 0 Å². The zero-order valence-corrected chi connectivity index (χ0v) is 35.1. The lowest BCUT2D eigenvalue weighted by Crippen LogP contribution is -1.95. The van der Waals surface area contributed by atoms with Crippen molar-refractivity contribution in [3.63, 3.8) is 0 Å². The van der Waals surface area contributed by atoms with E-state index in [1.165, 1.54) is 66.0 Å². The van der Waals surface area contributed by atoms with Gasteiger partial charge in [-0.2, -0.15) is 0 Å². The maximum Gasteiger partial charge on any atom is 0.133 e. The number of nitrogens with zero attached hydrogens (tertiary/aromatic N) is 2. The first kappa shape index (κ1) is 36.6. The summed E-state index contributed by atoms with van der Waals surface area (Å²) in [6.07, 6.45) is 0. The number of hydrogen-bond acceptors (Lipinski definition) is 5. The van der Waals surface area contributed by atoms with E-state index in [-0.39, 0.29) is 11.1 Å². The van der Waals surface area contributed by atoms with Crippen molar-refractivity contribution < 1.29 is 17.6 Å². The van der Waals surface area contributed by atoms with Crippen molar-refractivity contribution in [3.8, 4) is 43.1 Å². The van der Waals surface area contributed by atoms with Gasteiger partial charge in [0.05, 0.1) is 31.9 Å². The molecule has 0 fully saturated rings. The molecule has 0 atom stereocenters. The number of benzene rings is 9. The van der Waals surface area contributed by atoms with E-state index in [1.54, 1.807) is 58.3 Å². The average Bonchev–Trinajstić information content (AvgIpc) is 4.00. The van der Waals surface area contributed by atoms with Crippen molar-refractivity contribution >= 4 is 118 Å². The molecule has 0 unspecified atom stereocenters. The molecule has 4 heterocycles. The molecule has 13 rings (SSSR count). The first-order valence-electron chi connectivity index (χ1n) is 20.2. The summed E-state index contributed by atoms with van der Waals surface area (Å²) in [4.78, 5) is 13.2. The molecular weight excluding hydrogens is 849 g/mol. The molecule has 0 aliphatic carbocycles. The largest absolute Gasteiger partial charge is 0.242 e. The Morgan fingerprint density at radius 3 is 1.16 bits per heavy atom. The van der Waals surface area contributed by atoms with Crippen LogP contribution in [0.3, 0.4) is 0 Å². The van der Waals surface area contributed by atoms with Crippen molar-refractivity contribution in [3.05, 3.63) is 181 Å². The normalized spacial score (nSPS) is 12.1. The van der Waals surface area contributed by atoms with Crippen LogP contribution in [-0.4, -0.2) is 9.97 Å². The van der Waals surface area contributed by atoms with E-state index in [2.05, 4.69) is 84.9 Å². The minimum Gasteiger partial charge on any atom is -0.242 e. The molecule has 0 spiro atoms. The highest BCUT2D eigenvalue weighted by molar-refractivity contribution is 7.27. The number of thiophene rings is 3. The average molecular weight is 875 g/mol. The lowest BCUT2D eigenvalue weighted by atomic mass is 9.92. The van der Waals surface area contributed by atoms with Crippen molar-refractivity contribution in [2.75, 3.05) is 0 Å². The highest BCUT2D eigenvalue weighted by atomic mass is 32.1. The topological polar surface area (TPSA) is 25.8 Å². The SMILES string of the molecule is Fc1cccc(F)c1-c1ccc2c(c1)c1cc(-c3c(F)cccc3F)ccc1c1nc3c(-c4cccc5sc6ccccc6c45)sc(-c4cccc5sc6ccccc6c45)c3nc21. The Labute approximate surface area is 367 Å². The zero-order valence-electron chi connectivity index (χ0n) is 32.6. The molecule has 0 aliphatic heterocycles. The van der Waals surface area contributed by atoms with Gasteiger partial charge in [-0.05, 0) is 82.6 Å². The second-order valence-corrected chi connectivity index (χ2v) is 18.8. The zero-order chi connectivity index (χ0) is 42.1. The Balaban J connectivity index is 1.19. The third-order valence-electron chi connectivity index (χ3n) is 12.2. The molecule has 0 aliphatic rings. The fraction of sp³-hybridized carbons (Fsp3) is 0. The molecule has 9 heteroatoms. The molecule has 0 saturated carbocycles. The molecule has 298 valence electrons. The van der Waals surface area contributed by atoms with Crippen molar-refractivity contribution in [2.45, 2.75) is 0 Å². The Bertz CT molecular complexity index is 3810. The van der Waals surface area contributed by atoms with Crippen LogP contribution in [0.2, 0.25) is 0 Å². The monoisotopic (exact) mass is 874 g/mol. The molecule has 9 aromatic carbocycles. The quantitative estimate of drug-likeness (QED) is 0.130. The fourth-order valence-corrected chi connectivity index (χ4v) is 12.9. The number of hydrogen-bond donors (Lipinski definition) is 0. The van der Waals surface area contributed by atoms with Gasteiger partial charge in [0, 0.05) is 62.2 Å². The van der Waals surface area contributed by atoms with E-state index in [0.717, 1.165) is 42.7 Å². The Morgan fingerprint density at radius 1 is 0.317 bits per heavy atom. The van der Waals surface area contributed by atoms with Gasteiger partial charge in [0.1, 0.15) is 34.3 Å². The second-order valence-electron chi connectivity index (χ2n) is 15.6. The lowest BCUT2D eigenvalue weighted by Gasteiger charge is -2.14. The number of rotatable bonds is 4. The molecular formula is C54H26F4N2S3. The van der Waals surface area contributed by atoms with Gasteiger partial charge in [0.15, 0.2) is 0 Å². The number of halogens is 4. The molecule has 0 bridgehead atoms. The predicted molar refractivity (Wildman–Crippen MR) is 257 cm³/mol. The summed E-state index contributed by atoms with van der Waals surface area (Å²) < 4.78 is 66.3. The van der Waals surface area contributed by atoms with Crippen LogP contribution in [-0.2, 0) is 0 Å². The Hall–Kier alpha value is -7.04. The third-order valence-corrected chi connectivity index (χ3v) is 15.7. The van der Waals surface area contributed by atoms with Crippen molar-refractivity contribution in [1.82, 2.24) is 9.97 Å². The van der Waals surface area contributed by atoms with Crippen molar-refractivity contribution in [1.29, 1.82) is 0 Å². The van der Waals surface area contributed by atoms with Gasteiger partial charge < -0.3 is 0 Å².